The highest BCUT2D eigenvalue weighted by molar-refractivity contribution is 6.08. The first-order valence-electron chi connectivity index (χ1n) is 9.87. The second-order valence-electron chi connectivity index (χ2n) is 7.53. The van der Waals surface area contributed by atoms with Crippen LogP contribution in [0.5, 0.6) is 0 Å². The summed E-state index contributed by atoms with van der Waals surface area (Å²) in [6.07, 6.45) is 3.25. The lowest BCUT2D eigenvalue weighted by atomic mass is 10.1. The number of rotatable bonds is 5. The average Bonchev–Trinajstić information content (AvgIpc) is 3.15. The molecule has 0 bridgehead atoms. The van der Waals surface area contributed by atoms with Crippen molar-refractivity contribution in [3.8, 4) is 0 Å². The number of amides is 1. The summed E-state index contributed by atoms with van der Waals surface area (Å²) in [4.78, 5) is 23.6. The Kier molecular flexibility index (Phi) is 5.46. The van der Waals surface area contributed by atoms with Crippen molar-refractivity contribution in [1.29, 1.82) is 0 Å². The molecule has 31 heavy (non-hydrogen) atoms. The highest BCUT2D eigenvalue weighted by atomic mass is 19.1. The topological polar surface area (TPSA) is 63.9 Å². The first kappa shape index (κ1) is 20.6. The Morgan fingerprint density at radius 1 is 1.16 bits per heavy atom. The maximum atomic E-state index is 14.6. The molecule has 0 unspecified atom stereocenters. The number of carbonyl (C=O) groups is 1. The van der Waals surface area contributed by atoms with Crippen molar-refractivity contribution < 1.29 is 13.6 Å². The molecule has 0 aliphatic rings. The highest BCUT2D eigenvalue weighted by Crippen LogP contribution is 2.26. The van der Waals surface area contributed by atoms with Crippen molar-refractivity contribution >= 4 is 22.6 Å². The Labute approximate surface area is 178 Å². The van der Waals surface area contributed by atoms with E-state index in [0.717, 1.165) is 12.1 Å². The van der Waals surface area contributed by atoms with E-state index in [2.05, 4.69) is 15.1 Å². The molecule has 3 aromatic heterocycles. The van der Waals surface area contributed by atoms with Crippen molar-refractivity contribution in [2.24, 2.45) is 0 Å². The molecule has 0 atom stereocenters. The Balaban J connectivity index is 1.81. The van der Waals surface area contributed by atoms with Crippen LogP contribution < -0.4 is 4.90 Å². The average molecular weight is 421 g/mol. The fraction of sp³-hybridized carbons (Fsp3) is 0.217. The van der Waals surface area contributed by atoms with Crippen molar-refractivity contribution in [3.05, 3.63) is 83.4 Å². The lowest BCUT2D eigenvalue weighted by molar-refractivity contribution is 0.0983. The van der Waals surface area contributed by atoms with Gasteiger partial charge in [-0.05, 0) is 51.1 Å². The van der Waals surface area contributed by atoms with Gasteiger partial charge in [0.05, 0.1) is 35.4 Å². The van der Waals surface area contributed by atoms with Gasteiger partial charge < -0.3 is 0 Å². The van der Waals surface area contributed by atoms with Gasteiger partial charge in [0.15, 0.2) is 5.65 Å². The molecule has 0 radical (unpaired) electrons. The van der Waals surface area contributed by atoms with E-state index in [1.54, 1.807) is 48.3 Å². The summed E-state index contributed by atoms with van der Waals surface area (Å²) in [6.45, 7) is 5.73. The third kappa shape index (κ3) is 4.01. The Morgan fingerprint density at radius 2 is 1.97 bits per heavy atom. The SMILES string of the molecule is Cc1nc2c(cnn2C(C)C)cc1C(=O)N(Cc1ccccn1)c1ccc(F)cc1F. The number of benzene rings is 1. The summed E-state index contributed by atoms with van der Waals surface area (Å²) in [5.74, 6) is -2.00. The van der Waals surface area contributed by atoms with Gasteiger partial charge in [0, 0.05) is 23.7 Å². The normalized spacial score (nSPS) is 11.3. The van der Waals surface area contributed by atoms with Gasteiger partial charge in [-0.15, -0.1) is 0 Å². The summed E-state index contributed by atoms with van der Waals surface area (Å²) in [7, 11) is 0. The van der Waals surface area contributed by atoms with E-state index in [-0.39, 0.29) is 18.3 Å². The number of aryl methyl sites for hydroxylation is 1. The Bertz CT molecular complexity index is 1250. The minimum atomic E-state index is -0.830. The quantitative estimate of drug-likeness (QED) is 0.463. The number of hydrogen-bond donors (Lipinski definition) is 0. The molecule has 4 rings (SSSR count). The number of anilines is 1. The van der Waals surface area contributed by atoms with Gasteiger partial charge in [-0.25, -0.2) is 18.4 Å². The van der Waals surface area contributed by atoms with Crippen LogP contribution in [0.1, 0.15) is 41.6 Å². The number of hydrogen-bond acceptors (Lipinski definition) is 4. The zero-order valence-electron chi connectivity index (χ0n) is 17.4. The fourth-order valence-electron chi connectivity index (χ4n) is 3.43. The molecule has 1 aromatic carbocycles. The molecule has 0 fully saturated rings. The first-order chi connectivity index (χ1) is 14.8. The lowest BCUT2D eigenvalue weighted by Crippen LogP contribution is -2.32. The van der Waals surface area contributed by atoms with Crippen LogP contribution in [0.25, 0.3) is 11.0 Å². The molecule has 3 heterocycles. The van der Waals surface area contributed by atoms with Crippen LogP contribution in [0.4, 0.5) is 14.5 Å². The molecule has 0 N–H and O–H groups in total. The van der Waals surface area contributed by atoms with Crippen LogP contribution >= 0.6 is 0 Å². The van der Waals surface area contributed by atoms with Crippen molar-refractivity contribution in [2.75, 3.05) is 4.90 Å². The van der Waals surface area contributed by atoms with Gasteiger partial charge in [-0.1, -0.05) is 6.07 Å². The lowest BCUT2D eigenvalue weighted by Gasteiger charge is -2.24. The minimum absolute atomic E-state index is 0.0188. The molecular weight excluding hydrogens is 400 g/mol. The van der Waals surface area contributed by atoms with E-state index in [9.17, 15) is 13.6 Å². The monoisotopic (exact) mass is 421 g/mol. The number of aromatic nitrogens is 4. The number of halogens is 2. The molecule has 0 spiro atoms. The minimum Gasteiger partial charge on any atom is -0.299 e. The number of pyridine rings is 2. The second kappa shape index (κ2) is 8.22. The van der Waals surface area contributed by atoms with Crippen molar-refractivity contribution in [1.82, 2.24) is 19.7 Å². The van der Waals surface area contributed by atoms with Gasteiger partial charge in [0.2, 0.25) is 0 Å². The summed E-state index contributed by atoms with van der Waals surface area (Å²) in [6, 6.07) is 10.2. The smallest absolute Gasteiger partial charge is 0.260 e. The predicted octanol–water partition coefficient (Wildman–Crippen LogP) is 4.84. The molecule has 8 heteroatoms. The predicted molar refractivity (Wildman–Crippen MR) is 114 cm³/mol. The van der Waals surface area contributed by atoms with Crippen LogP contribution in [0, 0.1) is 18.6 Å². The van der Waals surface area contributed by atoms with E-state index < -0.39 is 17.5 Å². The zero-order chi connectivity index (χ0) is 22.1. The first-order valence-corrected chi connectivity index (χ1v) is 9.87. The Hall–Kier alpha value is -3.68. The third-order valence-corrected chi connectivity index (χ3v) is 4.97. The summed E-state index contributed by atoms with van der Waals surface area (Å²) < 4.78 is 29.9. The van der Waals surface area contributed by atoms with Gasteiger partial charge in [-0.2, -0.15) is 5.10 Å². The van der Waals surface area contributed by atoms with Crippen molar-refractivity contribution in [2.45, 2.75) is 33.4 Å². The molecular formula is C23H21F2N5O. The maximum Gasteiger partial charge on any atom is 0.260 e. The van der Waals surface area contributed by atoms with Gasteiger partial charge in [0.25, 0.3) is 5.91 Å². The van der Waals surface area contributed by atoms with E-state index in [0.29, 0.717) is 28.0 Å². The van der Waals surface area contributed by atoms with Crippen molar-refractivity contribution in [3.63, 3.8) is 0 Å². The van der Waals surface area contributed by atoms with E-state index in [1.165, 1.54) is 11.0 Å². The molecule has 4 aromatic rings. The van der Waals surface area contributed by atoms with Crippen LogP contribution in [0.2, 0.25) is 0 Å². The molecule has 1 amide bonds. The summed E-state index contributed by atoms with van der Waals surface area (Å²) >= 11 is 0. The zero-order valence-corrected chi connectivity index (χ0v) is 17.4. The van der Waals surface area contributed by atoms with Crippen LogP contribution in [0.15, 0.2) is 54.9 Å². The largest absolute Gasteiger partial charge is 0.299 e. The molecule has 0 aliphatic heterocycles. The van der Waals surface area contributed by atoms with Crippen LogP contribution in [0.3, 0.4) is 0 Å². The van der Waals surface area contributed by atoms with E-state index in [4.69, 9.17) is 0 Å². The maximum absolute atomic E-state index is 14.6. The number of carbonyl (C=O) groups excluding carboxylic acids is 1. The number of nitrogens with zero attached hydrogens (tertiary/aromatic N) is 5. The van der Waals surface area contributed by atoms with Gasteiger partial charge in [0.1, 0.15) is 11.6 Å². The molecule has 0 saturated heterocycles. The Morgan fingerprint density at radius 3 is 2.65 bits per heavy atom. The fourth-order valence-corrected chi connectivity index (χ4v) is 3.43. The van der Waals surface area contributed by atoms with Gasteiger partial charge in [-0.3, -0.25) is 14.7 Å². The second-order valence-corrected chi connectivity index (χ2v) is 7.53. The van der Waals surface area contributed by atoms with Crippen LogP contribution in [-0.4, -0.2) is 25.7 Å². The van der Waals surface area contributed by atoms with Gasteiger partial charge >= 0.3 is 0 Å². The molecule has 158 valence electrons. The van der Waals surface area contributed by atoms with Crippen LogP contribution in [-0.2, 0) is 6.54 Å². The third-order valence-electron chi connectivity index (χ3n) is 4.97. The molecule has 6 nitrogen and oxygen atoms in total. The summed E-state index contributed by atoms with van der Waals surface area (Å²) in [5.41, 5.74) is 2.02. The molecule has 0 aliphatic carbocycles. The molecule has 0 saturated carbocycles. The number of fused-ring (bicyclic) bond motifs is 1. The highest BCUT2D eigenvalue weighted by Gasteiger charge is 2.25. The summed E-state index contributed by atoms with van der Waals surface area (Å²) in [5, 5.41) is 5.06. The standard InChI is InChI=1S/C23H21F2N5O/c1-14(2)30-22-16(12-27-30)10-19(15(3)28-22)23(31)29(13-18-6-4-5-9-26-18)21-8-7-17(24)11-20(21)25/h4-12,14H,13H2,1-3H3. The van der Waals surface area contributed by atoms with E-state index in [1.807, 2.05) is 13.8 Å². The van der Waals surface area contributed by atoms with E-state index >= 15 is 0 Å².